The Balaban J connectivity index is 3.80. The number of hydrogen-bond donors (Lipinski definition) is 0. The van der Waals surface area contributed by atoms with Crippen LogP contribution in [0.25, 0.3) is 0 Å². The third-order valence-electron chi connectivity index (χ3n) is 7.17. The van der Waals surface area contributed by atoms with Crippen molar-refractivity contribution in [2.24, 2.45) is 0 Å². The lowest BCUT2D eigenvalue weighted by atomic mass is 10.1. The van der Waals surface area contributed by atoms with Crippen LogP contribution in [0.5, 0.6) is 0 Å². The quantitative estimate of drug-likeness (QED) is 0.0644. The molecule has 0 N–H and O–H groups in total. The summed E-state index contributed by atoms with van der Waals surface area (Å²) in [6.07, 6.45) is 31.9. The second-order valence-electron chi connectivity index (χ2n) is 12.5. The van der Waals surface area contributed by atoms with E-state index < -0.39 is 14.9 Å². The molecule has 0 aliphatic rings. The van der Waals surface area contributed by atoms with E-state index in [0.29, 0.717) is 19.1 Å². The van der Waals surface area contributed by atoms with Crippen molar-refractivity contribution in [1.82, 2.24) is 0 Å². The van der Waals surface area contributed by atoms with Crippen molar-refractivity contribution in [2.45, 2.75) is 168 Å². The molecule has 3 nitrogen and oxygen atoms in total. The molecule has 0 unspecified atom stereocenters. The SMILES string of the molecule is CCCCCCCCCCCCCCOP(=O)(C[P+](C)(C)C)OCCCCCCCCCCCCCC. The highest BCUT2D eigenvalue weighted by atomic mass is 31.2. The van der Waals surface area contributed by atoms with E-state index in [1.54, 1.807) is 0 Å². The third-order valence-corrected chi connectivity index (χ3v) is 13.1. The van der Waals surface area contributed by atoms with Gasteiger partial charge in [0.15, 0.2) is 5.90 Å². The summed E-state index contributed by atoms with van der Waals surface area (Å²) in [5, 5.41) is 0. The van der Waals surface area contributed by atoms with Gasteiger partial charge >= 0.3 is 7.60 Å². The zero-order valence-corrected chi connectivity index (χ0v) is 28.0. The molecule has 0 rings (SSSR count). The largest absolute Gasteiger partial charge is 0.367 e. The summed E-state index contributed by atoms with van der Waals surface area (Å²) in [7, 11) is -4.18. The Hall–Kier alpha value is 0.580. The molecule has 0 fully saturated rings. The van der Waals surface area contributed by atoms with E-state index in [9.17, 15) is 4.57 Å². The third kappa shape index (κ3) is 29.4. The Morgan fingerprint density at radius 3 is 0.919 bits per heavy atom. The smallest absolute Gasteiger partial charge is 0.306 e. The highest BCUT2D eigenvalue weighted by Crippen LogP contribution is 2.64. The molecule has 0 amide bonds. The Kier molecular flexibility index (Phi) is 27.2. The lowest BCUT2D eigenvalue weighted by molar-refractivity contribution is 0.201. The summed E-state index contributed by atoms with van der Waals surface area (Å²) in [5.41, 5.74) is 0. The predicted molar refractivity (Wildman–Crippen MR) is 171 cm³/mol. The van der Waals surface area contributed by atoms with E-state index in [1.807, 2.05) is 0 Å². The van der Waals surface area contributed by atoms with Crippen LogP contribution in [0.1, 0.15) is 168 Å². The van der Waals surface area contributed by atoms with Crippen LogP contribution in [0.3, 0.4) is 0 Å². The Bertz CT molecular complexity index is 471. The van der Waals surface area contributed by atoms with Gasteiger partial charge in [-0.3, -0.25) is 4.57 Å². The van der Waals surface area contributed by atoms with Crippen LogP contribution in [-0.4, -0.2) is 39.1 Å². The average Bonchev–Trinajstić information content (AvgIpc) is 2.84. The molecule has 224 valence electrons. The summed E-state index contributed by atoms with van der Waals surface area (Å²) < 4.78 is 25.3. The molecule has 5 heteroatoms. The average molecular weight is 564 g/mol. The summed E-state index contributed by atoms with van der Waals surface area (Å²) >= 11 is 0. The number of rotatable bonds is 30. The lowest BCUT2D eigenvalue weighted by Gasteiger charge is -2.22. The molecule has 0 saturated carbocycles. The summed E-state index contributed by atoms with van der Waals surface area (Å²) in [6, 6.07) is 0. The van der Waals surface area contributed by atoms with Crippen LogP contribution in [0.15, 0.2) is 0 Å². The van der Waals surface area contributed by atoms with E-state index in [1.165, 1.54) is 141 Å². The second kappa shape index (κ2) is 26.8. The van der Waals surface area contributed by atoms with Crippen LogP contribution in [0.4, 0.5) is 0 Å². The molecular weight excluding hydrogens is 494 g/mol. The van der Waals surface area contributed by atoms with Crippen molar-refractivity contribution in [1.29, 1.82) is 0 Å². The normalized spacial score (nSPS) is 12.5. The Morgan fingerprint density at radius 2 is 0.676 bits per heavy atom. The zero-order chi connectivity index (χ0) is 27.5. The van der Waals surface area contributed by atoms with Gasteiger partial charge in [0.1, 0.15) is 0 Å². The topological polar surface area (TPSA) is 35.5 Å². The van der Waals surface area contributed by atoms with E-state index in [4.69, 9.17) is 9.05 Å². The second-order valence-corrected chi connectivity index (χ2v) is 19.9. The van der Waals surface area contributed by atoms with Crippen LogP contribution in [-0.2, 0) is 13.6 Å². The van der Waals surface area contributed by atoms with Crippen molar-refractivity contribution in [3.8, 4) is 0 Å². The van der Waals surface area contributed by atoms with Gasteiger partial charge in [-0.25, -0.2) is 0 Å². The van der Waals surface area contributed by atoms with Crippen LogP contribution < -0.4 is 0 Å². The zero-order valence-electron chi connectivity index (χ0n) is 26.2. The molecule has 37 heavy (non-hydrogen) atoms. The minimum atomic E-state index is -2.96. The molecule has 0 heterocycles. The molecule has 0 saturated heterocycles. The van der Waals surface area contributed by atoms with Gasteiger partial charge in [0.05, 0.1) is 13.2 Å². The molecule has 0 aliphatic heterocycles. The van der Waals surface area contributed by atoms with Gasteiger partial charge in [0, 0.05) is 27.3 Å². The Labute approximate surface area is 235 Å². The first-order valence-electron chi connectivity index (χ1n) is 16.5. The van der Waals surface area contributed by atoms with Crippen molar-refractivity contribution < 1.29 is 13.6 Å². The van der Waals surface area contributed by atoms with Gasteiger partial charge in [0.25, 0.3) is 0 Å². The van der Waals surface area contributed by atoms with E-state index in [0.717, 1.165) is 12.8 Å². The van der Waals surface area contributed by atoms with Gasteiger partial charge in [-0.2, -0.15) is 0 Å². The maximum absolute atomic E-state index is 13.4. The van der Waals surface area contributed by atoms with Crippen molar-refractivity contribution in [2.75, 3.05) is 39.1 Å². The molecule has 0 radical (unpaired) electrons. The summed E-state index contributed by atoms with van der Waals surface area (Å²) in [4.78, 5) is 0. The predicted octanol–water partition coefficient (Wildman–Crippen LogP) is 12.5. The fourth-order valence-corrected chi connectivity index (χ4v) is 10.6. The Morgan fingerprint density at radius 1 is 0.432 bits per heavy atom. The van der Waals surface area contributed by atoms with E-state index in [-0.39, 0.29) is 0 Å². The summed E-state index contributed by atoms with van der Waals surface area (Å²) in [5.74, 6) is 0.622. The molecule has 0 aromatic carbocycles. The number of hydrogen-bond acceptors (Lipinski definition) is 3. The van der Waals surface area contributed by atoms with Crippen LogP contribution in [0.2, 0.25) is 0 Å². The minimum absolute atomic E-state index is 0.590. The minimum Gasteiger partial charge on any atom is -0.306 e. The highest BCUT2D eigenvalue weighted by molar-refractivity contribution is 7.83. The molecule has 0 spiro atoms. The first kappa shape index (κ1) is 37.6. The van der Waals surface area contributed by atoms with Crippen molar-refractivity contribution in [3.63, 3.8) is 0 Å². The first-order valence-corrected chi connectivity index (χ1v) is 21.6. The van der Waals surface area contributed by atoms with Gasteiger partial charge in [-0.1, -0.05) is 155 Å². The number of unbranched alkanes of at least 4 members (excludes halogenated alkanes) is 22. The van der Waals surface area contributed by atoms with Gasteiger partial charge in [-0.15, -0.1) is 0 Å². The molecule has 0 bridgehead atoms. The molecular formula is C32H69O3P2+. The van der Waals surface area contributed by atoms with Crippen LogP contribution in [0, 0.1) is 0 Å². The molecule has 0 aliphatic carbocycles. The summed E-state index contributed by atoms with van der Waals surface area (Å²) in [6.45, 7) is 12.5. The van der Waals surface area contributed by atoms with Gasteiger partial charge in [-0.05, 0) is 12.8 Å². The lowest BCUT2D eigenvalue weighted by Crippen LogP contribution is -2.05. The molecule has 0 aromatic heterocycles. The maximum atomic E-state index is 13.4. The van der Waals surface area contributed by atoms with Gasteiger partial charge < -0.3 is 9.05 Å². The molecule has 0 aromatic rings. The standard InChI is InChI=1S/C32H69O3P2/c1-6-8-10-12-14-16-18-20-22-24-26-28-30-34-37(33,32-36(3,4)5)35-31-29-27-25-23-21-19-17-15-13-11-9-7-2/h6-32H2,1-5H3/q+1. The highest BCUT2D eigenvalue weighted by Gasteiger charge is 2.35. The first-order chi connectivity index (χ1) is 17.8. The van der Waals surface area contributed by atoms with E-state index >= 15 is 0 Å². The van der Waals surface area contributed by atoms with Crippen molar-refractivity contribution in [3.05, 3.63) is 0 Å². The van der Waals surface area contributed by atoms with Gasteiger partial charge in [0.2, 0.25) is 0 Å². The fraction of sp³-hybridized carbons (Fsp3) is 1.00. The van der Waals surface area contributed by atoms with Crippen molar-refractivity contribution >= 4 is 14.9 Å². The van der Waals surface area contributed by atoms with Crippen LogP contribution >= 0.6 is 14.9 Å². The monoisotopic (exact) mass is 563 g/mol. The molecule has 0 atom stereocenters. The maximum Gasteiger partial charge on any atom is 0.367 e. The fourth-order valence-electron chi connectivity index (χ4n) is 4.93. The van der Waals surface area contributed by atoms with E-state index in [2.05, 4.69) is 33.8 Å².